The van der Waals surface area contributed by atoms with E-state index >= 15 is 0 Å². The summed E-state index contributed by atoms with van der Waals surface area (Å²) in [5.74, 6) is -3.37. The van der Waals surface area contributed by atoms with Gasteiger partial charge in [0.05, 0.1) is 25.6 Å². The number of ether oxygens (including phenoxy) is 5. The predicted octanol–water partition coefficient (Wildman–Crippen LogP) is 4.74. The van der Waals surface area contributed by atoms with Crippen LogP contribution in [0.15, 0.2) is 84.0 Å². The highest BCUT2D eigenvalue weighted by Gasteiger charge is 2.79. The van der Waals surface area contributed by atoms with Crippen molar-refractivity contribution in [2.45, 2.75) is 75.3 Å². The highest BCUT2D eigenvalue weighted by atomic mass is 16.9. The van der Waals surface area contributed by atoms with E-state index in [1.807, 2.05) is 49.4 Å². The molecule has 9 nitrogen and oxygen atoms in total. The van der Waals surface area contributed by atoms with Gasteiger partial charge in [0, 0.05) is 18.3 Å². The second-order valence-corrected chi connectivity index (χ2v) is 13.7. The number of Topliss-reactive ketones (excluding diaryl/α,β-unsaturated/α-hetero) is 1. The Hall–Kier alpha value is -3.76. The fourth-order valence-corrected chi connectivity index (χ4v) is 8.71. The molecule has 0 spiro atoms. The molecule has 7 rings (SSSR count). The molecule has 0 unspecified atom stereocenters. The monoisotopic (exact) mass is 628 g/mol. The number of methoxy groups -OCH3 is 1. The summed E-state index contributed by atoms with van der Waals surface area (Å²) in [5, 5.41) is 22.3. The van der Waals surface area contributed by atoms with E-state index in [-0.39, 0.29) is 42.6 Å². The van der Waals surface area contributed by atoms with Crippen molar-refractivity contribution in [2.24, 2.45) is 17.8 Å². The third kappa shape index (κ3) is 4.43. The summed E-state index contributed by atoms with van der Waals surface area (Å²) in [6.45, 7) is 9.98. The van der Waals surface area contributed by atoms with Crippen molar-refractivity contribution in [3.63, 3.8) is 0 Å². The van der Waals surface area contributed by atoms with Gasteiger partial charge < -0.3 is 33.9 Å². The molecule has 3 aliphatic carbocycles. The van der Waals surface area contributed by atoms with Gasteiger partial charge in [0.25, 0.3) is 5.97 Å². The number of phenolic OH excluding ortho intramolecular Hbond substituents is 1. The van der Waals surface area contributed by atoms with E-state index in [4.69, 9.17) is 23.7 Å². The summed E-state index contributed by atoms with van der Waals surface area (Å²) in [7, 11) is 1.44. The summed E-state index contributed by atoms with van der Waals surface area (Å²) >= 11 is 0. The maximum absolute atomic E-state index is 13.8. The number of benzene rings is 2. The molecular weight excluding hydrogens is 588 g/mol. The van der Waals surface area contributed by atoms with Crippen molar-refractivity contribution in [2.75, 3.05) is 13.7 Å². The maximum Gasteiger partial charge on any atom is 0.310 e. The largest absolute Gasteiger partial charge is 0.504 e. The van der Waals surface area contributed by atoms with Crippen LogP contribution in [0.3, 0.4) is 0 Å². The number of rotatable bonds is 8. The lowest BCUT2D eigenvalue weighted by atomic mass is 9.55. The van der Waals surface area contributed by atoms with Crippen LogP contribution >= 0.6 is 0 Å². The number of carbonyl (C=O) groups is 2. The van der Waals surface area contributed by atoms with Crippen LogP contribution in [0, 0.1) is 17.8 Å². The summed E-state index contributed by atoms with van der Waals surface area (Å²) in [5.41, 5.74) is -0.241. The molecule has 8 atom stereocenters. The van der Waals surface area contributed by atoms with Gasteiger partial charge in [0.15, 0.2) is 17.3 Å². The van der Waals surface area contributed by atoms with Gasteiger partial charge in [-0.25, -0.2) is 0 Å². The normalized spacial score (nSPS) is 37.1. The predicted molar refractivity (Wildman–Crippen MR) is 167 cm³/mol. The molecule has 1 saturated carbocycles. The molecule has 2 saturated heterocycles. The minimum Gasteiger partial charge on any atom is -0.504 e. The van der Waals surface area contributed by atoms with Gasteiger partial charge in [-0.05, 0) is 66.2 Å². The molecule has 3 bridgehead atoms. The van der Waals surface area contributed by atoms with E-state index in [0.717, 1.165) is 11.1 Å². The number of hydrogen-bond donors (Lipinski definition) is 2. The Morgan fingerprint density at radius 2 is 1.87 bits per heavy atom. The quantitative estimate of drug-likeness (QED) is 0.315. The minimum atomic E-state index is -1.80. The third-order valence-electron chi connectivity index (χ3n) is 10.7. The lowest BCUT2D eigenvalue weighted by Gasteiger charge is -2.59. The zero-order valence-corrected chi connectivity index (χ0v) is 26.6. The molecule has 2 heterocycles. The number of hydrogen-bond acceptors (Lipinski definition) is 9. The highest BCUT2D eigenvalue weighted by molar-refractivity contribution is 6.04. The molecule has 0 aromatic heterocycles. The number of aliphatic hydroxyl groups is 1. The first-order chi connectivity index (χ1) is 21.9. The first kappa shape index (κ1) is 30.9. The molecule has 9 heteroatoms. The standard InChI is InChI=1S/C37H40O9/c1-21(2)35-17-23(4)37-27(33(35)44-36(45-35,46-37)19-24-9-7-6-8-10-24)14-26(18-34(41)30(37)13-22(3)32(34)40)20-43-31(39)16-25-11-12-28(38)29(15-25)42-5/h6-15,23,27,30,33,38,41H,1,16-20H2,2-5H3/t23-,27-,30-,33-,34-,35-,36+,37-/m1/s1. The molecule has 3 fully saturated rings. The topological polar surface area (TPSA) is 121 Å². The second kappa shape index (κ2) is 10.6. The van der Waals surface area contributed by atoms with E-state index in [0.29, 0.717) is 29.6 Å². The number of aromatic hydroxyl groups is 1. The fraction of sp³-hybridized carbons (Fsp3) is 0.459. The van der Waals surface area contributed by atoms with Gasteiger partial charge in [0.1, 0.15) is 23.9 Å². The third-order valence-corrected chi connectivity index (χ3v) is 10.7. The number of phenols is 1. The number of ketones is 1. The van der Waals surface area contributed by atoms with Crippen LogP contribution in [-0.2, 0) is 41.4 Å². The SMILES string of the molecule is C=C(C)[C@]12C[C@@H](C)[C@@]34O[C@@](Cc5ccccc5)(O[C@@H]1[C@H]3C=C(COC(=O)Cc1ccc(O)c(OC)c1)C[C@]1(O)C(=O)C(C)=C[C@@H]41)O2. The van der Waals surface area contributed by atoms with Gasteiger partial charge in [-0.15, -0.1) is 0 Å². The Morgan fingerprint density at radius 1 is 1.11 bits per heavy atom. The van der Waals surface area contributed by atoms with Gasteiger partial charge in [0.2, 0.25) is 0 Å². The molecule has 2 aromatic carbocycles. The lowest BCUT2D eigenvalue weighted by Crippen LogP contribution is -2.70. The summed E-state index contributed by atoms with van der Waals surface area (Å²) in [4.78, 5) is 26.8. The van der Waals surface area contributed by atoms with Crippen molar-refractivity contribution < 1.29 is 43.5 Å². The van der Waals surface area contributed by atoms with Crippen molar-refractivity contribution in [1.82, 2.24) is 0 Å². The molecule has 2 N–H and O–H groups in total. The van der Waals surface area contributed by atoms with E-state index in [1.165, 1.54) is 13.2 Å². The van der Waals surface area contributed by atoms with E-state index in [9.17, 15) is 19.8 Å². The van der Waals surface area contributed by atoms with Crippen LogP contribution in [0.5, 0.6) is 11.5 Å². The summed E-state index contributed by atoms with van der Waals surface area (Å²) in [6, 6.07) is 14.5. The molecule has 242 valence electrons. The average molecular weight is 629 g/mol. The smallest absolute Gasteiger partial charge is 0.310 e. The Kier molecular flexibility index (Phi) is 7.14. The van der Waals surface area contributed by atoms with Gasteiger partial charge in [-0.3, -0.25) is 9.59 Å². The fourth-order valence-electron chi connectivity index (χ4n) is 8.71. The van der Waals surface area contributed by atoms with E-state index in [1.54, 1.807) is 19.1 Å². The Labute approximate surface area is 268 Å². The molecular formula is C37H40O9. The first-order valence-corrected chi connectivity index (χ1v) is 15.8. The van der Waals surface area contributed by atoms with E-state index in [2.05, 4.69) is 13.5 Å². The molecule has 5 aliphatic rings. The van der Waals surface area contributed by atoms with Crippen molar-refractivity contribution >= 4 is 11.8 Å². The minimum absolute atomic E-state index is 0.0156. The van der Waals surface area contributed by atoms with Crippen LogP contribution in [-0.4, -0.2) is 64.6 Å². The zero-order valence-electron chi connectivity index (χ0n) is 26.6. The lowest BCUT2D eigenvalue weighted by molar-refractivity contribution is -0.421. The van der Waals surface area contributed by atoms with Crippen molar-refractivity contribution in [1.29, 1.82) is 0 Å². The van der Waals surface area contributed by atoms with Crippen molar-refractivity contribution in [3.8, 4) is 11.5 Å². The summed E-state index contributed by atoms with van der Waals surface area (Å²) < 4.78 is 31.8. The first-order valence-electron chi connectivity index (χ1n) is 15.8. The van der Waals surface area contributed by atoms with Gasteiger partial charge in [-0.2, -0.15) is 0 Å². The molecule has 2 aromatic rings. The van der Waals surface area contributed by atoms with Crippen molar-refractivity contribution in [3.05, 3.63) is 95.1 Å². The number of fused-ring (bicyclic) bond motifs is 2. The Balaban J connectivity index is 1.27. The highest BCUT2D eigenvalue weighted by Crippen LogP contribution is 2.68. The molecule has 0 radical (unpaired) electrons. The van der Waals surface area contributed by atoms with Crippen LogP contribution in [0.25, 0.3) is 0 Å². The summed E-state index contributed by atoms with van der Waals surface area (Å²) in [6.07, 6.45) is 4.13. The average Bonchev–Trinajstić information content (AvgIpc) is 3.32. The zero-order chi connectivity index (χ0) is 32.6. The van der Waals surface area contributed by atoms with E-state index < -0.39 is 46.7 Å². The Morgan fingerprint density at radius 3 is 2.59 bits per heavy atom. The number of carbonyl (C=O) groups excluding carboxylic acids is 2. The van der Waals surface area contributed by atoms with Crippen LogP contribution < -0.4 is 4.74 Å². The number of esters is 1. The maximum atomic E-state index is 13.8. The molecule has 2 aliphatic heterocycles. The van der Waals surface area contributed by atoms with Crippen LogP contribution in [0.2, 0.25) is 0 Å². The molecule has 46 heavy (non-hydrogen) atoms. The van der Waals surface area contributed by atoms with Crippen LogP contribution in [0.1, 0.15) is 44.7 Å². The van der Waals surface area contributed by atoms with Gasteiger partial charge >= 0.3 is 5.97 Å². The Bertz CT molecular complexity index is 1680. The molecule has 0 amide bonds. The second-order valence-electron chi connectivity index (χ2n) is 13.7. The van der Waals surface area contributed by atoms with Crippen LogP contribution in [0.4, 0.5) is 0 Å². The van der Waals surface area contributed by atoms with Gasteiger partial charge in [-0.1, -0.05) is 62.1 Å².